The predicted molar refractivity (Wildman–Crippen MR) is 116 cm³/mol. The first kappa shape index (κ1) is 20.1. The molecule has 1 saturated heterocycles. The van der Waals surface area contributed by atoms with Gasteiger partial charge < -0.3 is 9.30 Å². The molecule has 30 heavy (non-hydrogen) atoms. The van der Waals surface area contributed by atoms with Gasteiger partial charge in [-0.1, -0.05) is 60.7 Å². The molecular weight excluding hydrogens is 374 g/mol. The van der Waals surface area contributed by atoms with Gasteiger partial charge in [0.05, 0.1) is 6.42 Å². The lowest BCUT2D eigenvalue weighted by molar-refractivity contribution is -0.170. The number of carbonyl (C=O) groups excluding carboxylic acids is 2. The normalized spacial score (nSPS) is 18.9. The molecule has 1 atom stereocenters. The van der Waals surface area contributed by atoms with Gasteiger partial charge >= 0.3 is 5.97 Å². The molecule has 2 heterocycles. The van der Waals surface area contributed by atoms with Crippen LogP contribution in [0.2, 0.25) is 0 Å². The number of aromatic nitrogens is 1. The van der Waals surface area contributed by atoms with Crippen LogP contribution in [0, 0.1) is 6.92 Å². The lowest BCUT2D eigenvalue weighted by Crippen LogP contribution is -2.46. The average molecular weight is 402 g/mol. The van der Waals surface area contributed by atoms with E-state index < -0.39 is 17.5 Å². The van der Waals surface area contributed by atoms with Crippen LogP contribution in [0.1, 0.15) is 55.5 Å². The summed E-state index contributed by atoms with van der Waals surface area (Å²) in [7, 11) is 0. The Morgan fingerprint density at radius 3 is 1.93 bits per heavy atom. The molecule has 0 amide bonds. The summed E-state index contributed by atoms with van der Waals surface area (Å²) in [6.45, 7) is 8.16. The Morgan fingerprint density at radius 2 is 1.47 bits per heavy atom. The molecule has 1 fully saturated rings. The number of benzene rings is 2. The van der Waals surface area contributed by atoms with E-state index in [1.807, 2.05) is 84.4 Å². The van der Waals surface area contributed by atoms with Crippen molar-refractivity contribution in [1.29, 1.82) is 0 Å². The molecule has 1 aliphatic rings. The summed E-state index contributed by atoms with van der Waals surface area (Å²) < 4.78 is 8.21. The van der Waals surface area contributed by atoms with Crippen LogP contribution in [0.15, 0.2) is 72.9 Å². The van der Waals surface area contributed by atoms with E-state index in [-0.39, 0.29) is 17.7 Å². The molecule has 154 valence electrons. The van der Waals surface area contributed by atoms with Gasteiger partial charge in [-0.2, -0.15) is 0 Å². The molecule has 0 bridgehead atoms. The van der Waals surface area contributed by atoms with Crippen molar-refractivity contribution in [3.8, 4) is 0 Å². The predicted octanol–water partition coefficient (Wildman–Crippen LogP) is 5.09. The van der Waals surface area contributed by atoms with Crippen LogP contribution in [0.25, 0.3) is 0 Å². The van der Waals surface area contributed by atoms with Crippen molar-refractivity contribution in [2.75, 3.05) is 0 Å². The number of carbonyl (C=O) groups is 2. The second-order valence-corrected chi connectivity index (χ2v) is 9.04. The zero-order valence-corrected chi connectivity index (χ0v) is 17.9. The first-order valence-corrected chi connectivity index (χ1v) is 10.3. The third kappa shape index (κ3) is 3.36. The van der Waals surface area contributed by atoms with E-state index in [1.165, 1.54) is 0 Å². The molecule has 4 nitrogen and oxygen atoms in total. The number of ketones is 1. The van der Waals surface area contributed by atoms with Crippen molar-refractivity contribution in [1.82, 2.24) is 4.57 Å². The minimum Gasteiger partial charge on any atom is -0.448 e. The number of ether oxygens (including phenoxy) is 1. The molecule has 4 heteroatoms. The fourth-order valence-corrected chi connectivity index (χ4v) is 4.36. The minimum atomic E-state index is -1.11. The van der Waals surface area contributed by atoms with Gasteiger partial charge in [-0.25, -0.2) is 0 Å². The molecule has 3 aromatic rings. The van der Waals surface area contributed by atoms with Crippen molar-refractivity contribution in [3.63, 3.8) is 0 Å². The van der Waals surface area contributed by atoms with Gasteiger partial charge in [0.25, 0.3) is 0 Å². The molecule has 0 saturated carbocycles. The lowest BCUT2D eigenvalue weighted by Gasteiger charge is -2.40. The van der Waals surface area contributed by atoms with E-state index in [0.29, 0.717) is 5.69 Å². The summed E-state index contributed by atoms with van der Waals surface area (Å²) in [6, 6.07) is 21.0. The summed E-state index contributed by atoms with van der Waals surface area (Å²) in [5, 5.41) is 0. The Kier molecular flexibility index (Phi) is 4.89. The summed E-state index contributed by atoms with van der Waals surface area (Å²) in [4.78, 5) is 26.9. The van der Waals surface area contributed by atoms with E-state index >= 15 is 0 Å². The van der Waals surface area contributed by atoms with E-state index in [4.69, 9.17) is 4.74 Å². The van der Waals surface area contributed by atoms with Gasteiger partial charge in [-0.3, -0.25) is 9.59 Å². The van der Waals surface area contributed by atoms with Crippen LogP contribution < -0.4 is 0 Å². The van der Waals surface area contributed by atoms with Crippen LogP contribution >= 0.6 is 0 Å². The second kappa shape index (κ2) is 7.28. The zero-order chi connectivity index (χ0) is 21.5. The van der Waals surface area contributed by atoms with Crippen molar-refractivity contribution in [3.05, 3.63) is 95.3 Å². The van der Waals surface area contributed by atoms with E-state index in [9.17, 15) is 9.59 Å². The highest BCUT2D eigenvalue weighted by Gasteiger charge is 2.50. The number of hydrogen-bond acceptors (Lipinski definition) is 3. The Balaban J connectivity index is 1.81. The zero-order valence-electron chi connectivity index (χ0n) is 17.9. The number of aryl methyl sites for hydroxylation is 1. The molecule has 0 spiro atoms. The number of cyclic esters (lactones) is 1. The maximum absolute atomic E-state index is 13.5. The third-order valence-electron chi connectivity index (χ3n) is 5.74. The van der Waals surface area contributed by atoms with Gasteiger partial charge in [0, 0.05) is 28.6 Å². The molecule has 0 aliphatic carbocycles. The van der Waals surface area contributed by atoms with E-state index in [0.717, 1.165) is 16.7 Å². The SMILES string of the molecule is Cc1cc(C2C(=O)CC(c3ccccc3)(c3ccccc3)OC2=O)n(C(C)(C)C)c1. The minimum absolute atomic E-state index is 0.103. The fraction of sp³-hybridized carbons (Fsp3) is 0.308. The number of rotatable bonds is 3. The maximum atomic E-state index is 13.5. The van der Waals surface area contributed by atoms with Gasteiger partial charge in [0.15, 0.2) is 17.3 Å². The molecule has 0 radical (unpaired) electrons. The van der Waals surface area contributed by atoms with Crippen LogP contribution in [0.4, 0.5) is 0 Å². The average Bonchev–Trinajstić information content (AvgIpc) is 3.10. The van der Waals surface area contributed by atoms with Crippen LogP contribution in [-0.4, -0.2) is 16.3 Å². The largest absolute Gasteiger partial charge is 0.448 e. The summed E-state index contributed by atoms with van der Waals surface area (Å²) >= 11 is 0. The molecular formula is C26H27NO3. The van der Waals surface area contributed by atoms with Gasteiger partial charge in [0.1, 0.15) is 0 Å². The van der Waals surface area contributed by atoms with Crippen LogP contribution in [0.5, 0.6) is 0 Å². The van der Waals surface area contributed by atoms with Crippen LogP contribution in [-0.2, 0) is 25.5 Å². The maximum Gasteiger partial charge on any atom is 0.323 e. The highest BCUT2D eigenvalue weighted by Crippen LogP contribution is 2.44. The Hall–Kier alpha value is -3.14. The summed E-state index contributed by atoms with van der Waals surface area (Å²) in [5.74, 6) is -1.54. The molecule has 1 aliphatic heterocycles. The van der Waals surface area contributed by atoms with Gasteiger partial charge in [0.2, 0.25) is 0 Å². The monoisotopic (exact) mass is 401 g/mol. The van der Waals surface area contributed by atoms with Gasteiger partial charge in [-0.15, -0.1) is 0 Å². The van der Waals surface area contributed by atoms with Crippen molar-refractivity contribution in [2.24, 2.45) is 0 Å². The smallest absolute Gasteiger partial charge is 0.323 e. The highest BCUT2D eigenvalue weighted by molar-refractivity contribution is 6.07. The molecule has 1 aromatic heterocycles. The summed E-state index contributed by atoms with van der Waals surface area (Å²) in [5.41, 5.74) is 1.96. The molecule has 1 unspecified atom stereocenters. The standard InChI is InChI=1S/C26H27NO3/c1-18-15-21(27(17-18)25(2,3)4)23-22(28)16-26(30-24(23)29,19-11-7-5-8-12-19)20-13-9-6-10-14-20/h5-15,17,23H,16H2,1-4H3. The topological polar surface area (TPSA) is 48.3 Å². The first-order chi connectivity index (χ1) is 14.2. The van der Waals surface area contributed by atoms with Gasteiger partial charge in [-0.05, 0) is 39.3 Å². The van der Waals surface area contributed by atoms with Crippen molar-refractivity contribution >= 4 is 11.8 Å². The number of Topliss-reactive ketones (excluding diaryl/α,β-unsaturated/α-hetero) is 1. The number of esters is 1. The Bertz CT molecular complexity index is 1010. The second-order valence-electron chi connectivity index (χ2n) is 9.04. The number of nitrogens with zero attached hydrogens (tertiary/aromatic N) is 1. The lowest BCUT2D eigenvalue weighted by atomic mass is 9.77. The Morgan fingerprint density at radius 1 is 0.933 bits per heavy atom. The third-order valence-corrected chi connectivity index (χ3v) is 5.74. The quantitative estimate of drug-likeness (QED) is 0.453. The molecule has 0 N–H and O–H groups in total. The van der Waals surface area contributed by atoms with E-state index in [2.05, 4.69) is 20.8 Å². The van der Waals surface area contributed by atoms with Crippen molar-refractivity contribution < 1.29 is 14.3 Å². The highest BCUT2D eigenvalue weighted by atomic mass is 16.6. The molecule has 2 aromatic carbocycles. The molecule has 4 rings (SSSR count). The van der Waals surface area contributed by atoms with Crippen LogP contribution in [0.3, 0.4) is 0 Å². The first-order valence-electron chi connectivity index (χ1n) is 10.3. The van der Waals surface area contributed by atoms with Crippen molar-refractivity contribution in [2.45, 2.75) is 51.2 Å². The number of hydrogen-bond donors (Lipinski definition) is 0. The Labute approximate surface area is 177 Å². The van der Waals surface area contributed by atoms with E-state index in [1.54, 1.807) is 0 Å². The summed E-state index contributed by atoms with van der Waals surface area (Å²) in [6.07, 6.45) is 2.10. The fourth-order valence-electron chi connectivity index (χ4n) is 4.36.